The Morgan fingerprint density at radius 1 is 1.21 bits per heavy atom. The molecule has 2 aliphatic heterocycles. The van der Waals surface area contributed by atoms with Crippen LogP contribution < -0.4 is 10.6 Å². The van der Waals surface area contributed by atoms with Crippen molar-refractivity contribution in [1.29, 1.82) is 0 Å². The van der Waals surface area contributed by atoms with Gasteiger partial charge in [-0.2, -0.15) is 0 Å². The van der Waals surface area contributed by atoms with Gasteiger partial charge in [-0.25, -0.2) is 0 Å². The minimum Gasteiger partial charge on any atom is -0.355 e. The van der Waals surface area contributed by atoms with Gasteiger partial charge in [0.2, 0.25) is 5.91 Å². The van der Waals surface area contributed by atoms with E-state index in [1.54, 1.807) is 0 Å². The third-order valence-electron chi connectivity index (χ3n) is 5.09. The van der Waals surface area contributed by atoms with Gasteiger partial charge in [0, 0.05) is 13.1 Å². The number of hydrogen-bond acceptors (Lipinski definition) is 3. The van der Waals surface area contributed by atoms with E-state index in [2.05, 4.69) is 46.8 Å². The number of halogens is 2. The van der Waals surface area contributed by atoms with Gasteiger partial charge in [0.15, 0.2) is 0 Å². The molecule has 0 bridgehead atoms. The summed E-state index contributed by atoms with van der Waals surface area (Å²) in [5.74, 6) is 0.930. The van der Waals surface area contributed by atoms with Crippen LogP contribution in [0.5, 0.6) is 0 Å². The fourth-order valence-corrected chi connectivity index (χ4v) is 3.51. The minimum atomic E-state index is -0.0765. The molecule has 1 aromatic rings. The van der Waals surface area contributed by atoms with Gasteiger partial charge in [-0.15, -0.1) is 24.8 Å². The zero-order valence-corrected chi connectivity index (χ0v) is 15.9. The van der Waals surface area contributed by atoms with Gasteiger partial charge in [0.05, 0.1) is 6.04 Å². The number of amides is 1. The monoisotopic (exact) mass is 373 g/mol. The largest absolute Gasteiger partial charge is 0.355 e. The number of carbonyl (C=O) groups excluding carboxylic acids is 1. The van der Waals surface area contributed by atoms with Crippen LogP contribution in [0.2, 0.25) is 0 Å². The number of carbonyl (C=O) groups is 1. The molecule has 2 heterocycles. The Hall–Kier alpha value is -0.810. The molecule has 3 rings (SSSR count). The number of nitrogens with zero attached hydrogens (tertiary/aromatic N) is 1. The summed E-state index contributed by atoms with van der Waals surface area (Å²) >= 11 is 0. The first kappa shape index (κ1) is 21.2. The van der Waals surface area contributed by atoms with E-state index in [1.807, 2.05) is 0 Å². The predicted molar refractivity (Wildman–Crippen MR) is 103 cm³/mol. The lowest BCUT2D eigenvalue weighted by atomic mass is 9.93. The normalized spacial score (nSPS) is 21.1. The third kappa shape index (κ3) is 5.62. The summed E-state index contributed by atoms with van der Waals surface area (Å²) in [5.41, 5.74) is 2.62. The minimum absolute atomic E-state index is 0. The van der Waals surface area contributed by atoms with Crippen LogP contribution in [0.25, 0.3) is 0 Å². The fraction of sp³-hybridized carbons (Fsp3) is 0.611. The van der Waals surface area contributed by atoms with Gasteiger partial charge >= 0.3 is 0 Å². The average molecular weight is 374 g/mol. The number of nitrogens with one attached hydrogen (secondary N) is 2. The van der Waals surface area contributed by atoms with Crippen LogP contribution in [0, 0.1) is 5.92 Å². The quantitative estimate of drug-likeness (QED) is 0.851. The van der Waals surface area contributed by atoms with E-state index in [0.29, 0.717) is 0 Å². The molecule has 0 aromatic heterocycles. The number of hydrogen-bond donors (Lipinski definition) is 2. The summed E-state index contributed by atoms with van der Waals surface area (Å²) in [6, 6.07) is 8.31. The zero-order valence-electron chi connectivity index (χ0n) is 14.3. The zero-order chi connectivity index (χ0) is 15.4. The van der Waals surface area contributed by atoms with Gasteiger partial charge < -0.3 is 15.5 Å². The molecule has 2 N–H and O–H groups in total. The van der Waals surface area contributed by atoms with Crippen molar-refractivity contribution < 1.29 is 4.79 Å². The maximum atomic E-state index is 12.3. The molecule has 1 fully saturated rings. The maximum Gasteiger partial charge on any atom is 0.237 e. The van der Waals surface area contributed by atoms with Crippen molar-refractivity contribution in [2.45, 2.75) is 38.3 Å². The van der Waals surface area contributed by atoms with Gasteiger partial charge in [-0.1, -0.05) is 24.3 Å². The average Bonchev–Trinajstić information content (AvgIpc) is 2.56. The highest BCUT2D eigenvalue weighted by molar-refractivity contribution is 5.85. The Morgan fingerprint density at radius 2 is 1.88 bits per heavy atom. The molecule has 1 saturated heterocycles. The van der Waals surface area contributed by atoms with Crippen LogP contribution in [-0.4, -0.2) is 43.5 Å². The molecule has 0 radical (unpaired) electrons. The molecule has 0 saturated carbocycles. The first-order chi connectivity index (χ1) is 10.7. The number of fused-ring (bicyclic) bond motifs is 1. The predicted octanol–water partition coefficient (Wildman–Crippen LogP) is 2.39. The van der Waals surface area contributed by atoms with Crippen LogP contribution in [-0.2, 0) is 17.8 Å². The Balaban J connectivity index is 0.00000144. The molecule has 4 nitrogen and oxygen atoms in total. The van der Waals surface area contributed by atoms with Crippen molar-refractivity contribution >= 4 is 30.7 Å². The van der Waals surface area contributed by atoms with Crippen molar-refractivity contribution in [2.75, 3.05) is 26.7 Å². The highest BCUT2D eigenvalue weighted by Crippen LogP contribution is 2.19. The highest BCUT2D eigenvalue weighted by Gasteiger charge is 2.24. The Labute approximate surface area is 157 Å². The molecule has 1 atom stereocenters. The Morgan fingerprint density at radius 3 is 2.58 bits per heavy atom. The van der Waals surface area contributed by atoms with Crippen LogP contribution >= 0.6 is 24.8 Å². The van der Waals surface area contributed by atoms with E-state index in [-0.39, 0.29) is 36.8 Å². The molecule has 6 heteroatoms. The van der Waals surface area contributed by atoms with E-state index in [4.69, 9.17) is 0 Å². The topological polar surface area (TPSA) is 44.4 Å². The first-order valence-electron chi connectivity index (χ1n) is 8.49. The van der Waals surface area contributed by atoms with E-state index in [9.17, 15) is 4.79 Å². The van der Waals surface area contributed by atoms with Crippen molar-refractivity contribution in [3.8, 4) is 0 Å². The summed E-state index contributed by atoms with van der Waals surface area (Å²) in [6.45, 7) is 4.00. The lowest BCUT2D eigenvalue weighted by molar-refractivity contribution is -0.123. The van der Waals surface area contributed by atoms with Gasteiger partial charge in [-0.3, -0.25) is 4.79 Å². The molecular weight excluding hydrogens is 345 g/mol. The van der Waals surface area contributed by atoms with Crippen LogP contribution in [0.3, 0.4) is 0 Å². The fourth-order valence-electron chi connectivity index (χ4n) is 3.51. The molecular formula is C18H29Cl2N3O. The van der Waals surface area contributed by atoms with Crippen molar-refractivity contribution in [3.05, 3.63) is 35.4 Å². The molecule has 1 aromatic carbocycles. The van der Waals surface area contributed by atoms with Gasteiger partial charge in [-0.05, 0) is 62.9 Å². The van der Waals surface area contributed by atoms with E-state index in [1.165, 1.54) is 37.1 Å². The van der Waals surface area contributed by atoms with E-state index in [0.717, 1.165) is 31.8 Å². The number of piperidine rings is 1. The number of likely N-dealkylation sites (tertiary alicyclic amines) is 1. The molecule has 0 aliphatic carbocycles. The van der Waals surface area contributed by atoms with Crippen LogP contribution in [0.15, 0.2) is 24.3 Å². The Bertz CT molecular complexity index is 519. The SMILES string of the molecule is CN1CCC(CCNC(=O)C2Cc3ccccc3CN2)CC1.Cl.Cl. The molecule has 0 spiro atoms. The maximum absolute atomic E-state index is 12.3. The molecule has 136 valence electrons. The third-order valence-corrected chi connectivity index (χ3v) is 5.09. The molecule has 1 unspecified atom stereocenters. The van der Waals surface area contributed by atoms with Gasteiger partial charge in [0.1, 0.15) is 0 Å². The van der Waals surface area contributed by atoms with E-state index >= 15 is 0 Å². The van der Waals surface area contributed by atoms with Crippen LogP contribution in [0.1, 0.15) is 30.4 Å². The number of benzene rings is 1. The Kier molecular flexibility index (Phi) is 9.06. The lowest BCUT2D eigenvalue weighted by Crippen LogP contribution is -2.48. The second kappa shape index (κ2) is 10.2. The molecule has 2 aliphatic rings. The summed E-state index contributed by atoms with van der Waals surface area (Å²) < 4.78 is 0. The van der Waals surface area contributed by atoms with Crippen molar-refractivity contribution in [1.82, 2.24) is 15.5 Å². The van der Waals surface area contributed by atoms with Crippen molar-refractivity contribution in [2.24, 2.45) is 5.92 Å². The van der Waals surface area contributed by atoms with E-state index < -0.39 is 0 Å². The van der Waals surface area contributed by atoms with Gasteiger partial charge in [0.25, 0.3) is 0 Å². The highest BCUT2D eigenvalue weighted by atomic mass is 35.5. The molecule has 1 amide bonds. The molecule has 24 heavy (non-hydrogen) atoms. The second-order valence-electron chi connectivity index (χ2n) is 6.73. The van der Waals surface area contributed by atoms with Crippen molar-refractivity contribution in [3.63, 3.8) is 0 Å². The van der Waals surface area contributed by atoms with Crippen LogP contribution in [0.4, 0.5) is 0 Å². The summed E-state index contributed by atoms with van der Waals surface area (Å²) in [6.07, 6.45) is 4.45. The standard InChI is InChI=1S/C18H27N3O.2ClH/c1-21-10-7-14(8-11-21)6-9-19-18(22)17-12-15-4-2-3-5-16(15)13-20-17;;/h2-5,14,17,20H,6-13H2,1H3,(H,19,22);2*1H. The summed E-state index contributed by atoms with van der Waals surface area (Å²) in [7, 11) is 2.19. The summed E-state index contributed by atoms with van der Waals surface area (Å²) in [5, 5.41) is 6.48. The lowest BCUT2D eigenvalue weighted by Gasteiger charge is -2.29. The summed E-state index contributed by atoms with van der Waals surface area (Å²) in [4.78, 5) is 14.7. The number of rotatable bonds is 4. The first-order valence-corrected chi connectivity index (χ1v) is 8.49. The second-order valence-corrected chi connectivity index (χ2v) is 6.73. The smallest absolute Gasteiger partial charge is 0.237 e.